The van der Waals surface area contributed by atoms with Gasteiger partial charge >= 0.3 is 0 Å². The van der Waals surface area contributed by atoms with Gasteiger partial charge in [0, 0.05) is 16.7 Å². The SMILES string of the molecule is C(/Cc1ccccc1-c1ccccc1)=C(/c1ccccc1-c1ccccc1)c1cccc2c1-c1ccccc1C21c2ccccc2-c2c(N(c3ccccc3-c3ccccc3)c3ccccc3-c3ccccc3)cccc21. The fraction of sp³-hybridized carbons (Fsp3) is 0.0263. The molecule has 14 rings (SSSR count). The van der Waals surface area contributed by atoms with E-state index >= 15 is 0 Å². The summed E-state index contributed by atoms with van der Waals surface area (Å²) in [4.78, 5) is 2.55. The van der Waals surface area contributed by atoms with Gasteiger partial charge in [0.05, 0.1) is 22.5 Å². The normalized spacial score (nSPS) is 13.9. The van der Waals surface area contributed by atoms with E-state index in [0.717, 1.165) is 34.6 Å². The molecular formula is C76H53N. The molecule has 1 spiro atoms. The lowest BCUT2D eigenvalue weighted by molar-refractivity contribution is 0.793. The maximum absolute atomic E-state index is 2.55. The third-order valence-electron chi connectivity index (χ3n) is 16.0. The first-order chi connectivity index (χ1) is 38.3. The van der Waals surface area contributed by atoms with Gasteiger partial charge in [0.1, 0.15) is 0 Å². The summed E-state index contributed by atoms with van der Waals surface area (Å²) >= 11 is 0. The minimum Gasteiger partial charge on any atom is -0.309 e. The molecule has 12 aromatic carbocycles. The van der Waals surface area contributed by atoms with E-state index in [9.17, 15) is 0 Å². The number of hydrogen-bond acceptors (Lipinski definition) is 1. The molecule has 1 unspecified atom stereocenters. The Morgan fingerprint density at radius 1 is 0.273 bits per heavy atom. The number of benzene rings is 12. The van der Waals surface area contributed by atoms with Crippen LogP contribution in [-0.2, 0) is 11.8 Å². The molecule has 0 saturated heterocycles. The van der Waals surface area contributed by atoms with E-state index in [1.54, 1.807) is 0 Å². The van der Waals surface area contributed by atoms with Crippen LogP contribution in [0.1, 0.15) is 38.9 Å². The number of rotatable bonds is 11. The quantitative estimate of drug-likeness (QED) is 0.125. The van der Waals surface area contributed by atoms with E-state index < -0.39 is 5.41 Å². The van der Waals surface area contributed by atoms with Crippen LogP contribution in [0.3, 0.4) is 0 Å². The summed E-state index contributed by atoms with van der Waals surface area (Å²) in [6, 6.07) is 112. The summed E-state index contributed by atoms with van der Waals surface area (Å²) in [5, 5.41) is 0. The molecule has 12 aromatic rings. The fourth-order valence-electron chi connectivity index (χ4n) is 12.8. The van der Waals surface area contributed by atoms with Gasteiger partial charge in [0.15, 0.2) is 0 Å². The third kappa shape index (κ3) is 7.62. The summed E-state index contributed by atoms with van der Waals surface area (Å²) in [5.74, 6) is 0. The van der Waals surface area contributed by atoms with Crippen LogP contribution in [0.5, 0.6) is 0 Å². The van der Waals surface area contributed by atoms with Crippen LogP contribution in [-0.4, -0.2) is 0 Å². The van der Waals surface area contributed by atoms with Crippen LogP contribution in [0, 0.1) is 0 Å². The maximum Gasteiger partial charge on any atom is 0.0726 e. The zero-order valence-corrected chi connectivity index (χ0v) is 42.6. The molecule has 0 saturated carbocycles. The molecule has 0 radical (unpaired) electrons. The zero-order chi connectivity index (χ0) is 51.1. The average molecular weight is 980 g/mol. The maximum atomic E-state index is 2.55. The van der Waals surface area contributed by atoms with Crippen LogP contribution < -0.4 is 4.90 Å². The van der Waals surface area contributed by atoms with Gasteiger partial charge in [-0.2, -0.15) is 0 Å². The van der Waals surface area contributed by atoms with Crippen molar-refractivity contribution in [3.63, 3.8) is 0 Å². The third-order valence-corrected chi connectivity index (χ3v) is 16.0. The predicted molar refractivity (Wildman–Crippen MR) is 323 cm³/mol. The molecule has 1 heteroatoms. The molecule has 2 aliphatic carbocycles. The van der Waals surface area contributed by atoms with Crippen molar-refractivity contribution in [2.75, 3.05) is 4.90 Å². The standard InChI is InChI=1S/C76H53N/c1-5-27-53(28-6-1)58-36-14-13-35-57(58)51-52-63(62-40-16-15-37-59(62)54-29-7-2-8-30-54)64-43-25-46-69-74(64)65-41-17-21-44-67(65)76(69)68-45-22-18-42-66(68)75-70(76)47-26-50-73(75)77(71-48-23-19-38-60(71)55-31-9-3-10-32-55)72-49-24-20-39-61(72)56-33-11-4-12-34-56/h1-50,52H,51H2/b63-52+. The van der Waals surface area contributed by atoms with E-state index in [1.165, 1.54) is 100 Å². The monoisotopic (exact) mass is 979 g/mol. The Hall–Kier alpha value is -9.82. The lowest BCUT2D eigenvalue weighted by atomic mass is 9.70. The number of para-hydroxylation sites is 2. The smallest absolute Gasteiger partial charge is 0.0726 e. The van der Waals surface area contributed by atoms with Crippen molar-refractivity contribution in [1.82, 2.24) is 0 Å². The number of hydrogen-bond donors (Lipinski definition) is 0. The largest absolute Gasteiger partial charge is 0.309 e. The van der Waals surface area contributed by atoms with Gasteiger partial charge in [0.2, 0.25) is 0 Å². The Kier molecular flexibility index (Phi) is 11.6. The zero-order valence-electron chi connectivity index (χ0n) is 42.6. The van der Waals surface area contributed by atoms with E-state index in [1.807, 2.05) is 0 Å². The van der Waals surface area contributed by atoms with Gasteiger partial charge in [-0.25, -0.2) is 0 Å². The molecule has 362 valence electrons. The van der Waals surface area contributed by atoms with E-state index in [-0.39, 0.29) is 0 Å². The fourth-order valence-corrected chi connectivity index (χ4v) is 12.8. The van der Waals surface area contributed by atoms with Crippen LogP contribution >= 0.6 is 0 Å². The van der Waals surface area contributed by atoms with E-state index in [0.29, 0.717) is 0 Å². The van der Waals surface area contributed by atoms with Crippen molar-refractivity contribution < 1.29 is 0 Å². The van der Waals surface area contributed by atoms with Crippen LogP contribution in [0.2, 0.25) is 0 Å². The van der Waals surface area contributed by atoms with Crippen molar-refractivity contribution in [3.05, 3.63) is 348 Å². The molecule has 1 atom stereocenters. The Labute approximate surface area is 452 Å². The second-order valence-corrected chi connectivity index (χ2v) is 20.1. The minimum absolute atomic E-state index is 0.628. The first kappa shape index (κ1) is 45.8. The van der Waals surface area contributed by atoms with Crippen molar-refractivity contribution in [3.8, 4) is 66.8 Å². The molecule has 0 amide bonds. The molecule has 0 heterocycles. The summed E-state index contributed by atoms with van der Waals surface area (Å²) in [6.45, 7) is 0. The average Bonchev–Trinajstić information content (AvgIpc) is 3.98. The second-order valence-electron chi connectivity index (χ2n) is 20.1. The summed E-state index contributed by atoms with van der Waals surface area (Å²) in [7, 11) is 0. The minimum atomic E-state index is -0.628. The van der Waals surface area contributed by atoms with E-state index in [2.05, 4.69) is 314 Å². The van der Waals surface area contributed by atoms with Gasteiger partial charge in [-0.05, 0) is 119 Å². The number of nitrogens with zero attached hydrogens (tertiary/aromatic N) is 1. The van der Waals surface area contributed by atoms with Gasteiger partial charge in [-0.1, -0.05) is 291 Å². The molecular weight excluding hydrogens is 927 g/mol. The van der Waals surface area contributed by atoms with Crippen molar-refractivity contribution >= 4 is 22.6 Å². The summed E-state index contributed by atoms with van der Waals surface area (Å²) < 4.78 is 0. The predicted octanol–water partition coefficient (Wildman–Crippen LogP) is 19.8. The number of anilines is 3. The molecule has 0 fully saturated rings. The van der Waals surface area contributed by atoms with Crippen molar-refractivity contribution in [1.29, 1.82) is 0 Å². The molecule has 1 nitrogen and oxygen atoms in total. The summed E-state index contributed by atoms with van der Waals surface area (Å²) in [6.07, 6.45) is 3.26. The van der Waals surface area contributed by atoms with Gasteiger partial charge in [-0.15, -0.1) is 0 Å². The first-order valence-corrected chi connectivity index (χ1v) is 26.8. The molecule has 0 bridgehead atoms. The molecule has 0 aromatic heterocycles. The van der Waals surface area contributed by atoms with Crippen molar-refractivity contribution in [2.45, 2.75) is 11.8 Å². The first-order valence-electron chi connectivity index (χ1n) is 26.8. The Morgan fingerprint density at radius 3 is 1.21 bits per heavy atom. The highest BCUT2D eigenvalue weighted by Crippen LogP contribution is 2.66. The lowest BCUT2D eigenvalue weighted by Crippen LogP contribution is -2.26. The molecule has 0 N–H and O–H groups in total. The van der Waals surface area contributed by atoms with Crippen LogP contribution in [0.15, 0.2) is 309 Å². The van der Waals surface area contributed by atoms with Crippen LogP contribution in [0.25, 0.3) is 72.3 Å². The molecule has 77 heavy (non-hydrogen) atoms. The lowest BCUT2D eigenvalue weighted by Gasteiger charge is -2.33. The van der Waals surface area contributed by atoms with Crippen LogP contribution in [0.4, 0.5) is 17.1 Å². The van der Waals surface area contributed by atoms with Gasteiger partial charge in [-0.3, -0.25) is 0 Å². The molecule has 2 aliphatic rings. The highest BCUT2D eigenvalue weighted by Gasteiger charge is 2.53. The highest BCUT2D eigenvalue weighted by molar-refractivity contribution is 6.06. The summed E-state index contributed by atoms with van der Waals surface area (Å²) in [5.41, 5.74) is 27.4. The topological polar surface area (TPSA) is 3.24 Å². The number of allylic oxidation sites excluding steroid dienone is 1. The Morgan fingerprint density at radius 2 is 0.636 bits per heavy atom. The second kappa shape index (κ2) is 19.5. The van der Waals surface area contributed by atoms with Gasteiger partial charge < -0.3 is 4.90 Å². The number of fused-ring (bicyclic) bond motifs is 10. The van der Waals surface area contributed by atoms with Crippen molar-refractivity contribution in [2.24, 2.45) is 0 Å². The highest BCUT2D eigenvalue weighted by atomic mass is 15.2. The Balaban J connectivity index is 1.04. The van der Waals surface area contributed by atoms with Gasteiger partial charge in [0.25, 0.3) is 0 Å². The van der Waals surface area contributed by atoms with E-state index in [4.69, 9.17) is 0 Å². The molecule has 0 aliphatic heterocycles. The Bertz CT molecular complexity index is 4090.